The van der Waals surface area contributed by atoms with Crippen LogP contribution >= 0.6 is 0 Å². The lowest BCUT2D eigenvalue weighted by Gasteiger charge is -2.31. The van der Waals surface area contributed by atoms with Gasteiger partial charge in [0.1, 0.15) is 11.6 Å². The number of carbonyl (C=O) groups excluding carboxylic acids is 1. The smallest absolute Gasteiger partial charge is 0.364 e. The average molecular weight is 463 g/mol. The van der Waals surface area contributed by atoms with Gasteiger partial charge in [-0.2, -0.15) is 13.2 Å². The summed E-state index contributed by atoms with van der Waals surface area (Å²) in [4.78, 5) is 16.5. The van der Waals surface area contributed by atoms with E-state index in [1.165, 1.54) is 36.4 Å². The first-order chi connectivity index (χ1) is 15.5. The number of hydrogen-bond acceptors (Lipinski definition) is 4. The largest absolute Gasteiger partial charge is 0.421 e. The number of pyridine rings is 1. The number of carbonyl (C=O) groups is 1. The molecule has 0 fully saturated rings. The van der Waals surface area contributed by atoms with Crippen LogP contribution in [0.5, 0.6) is 0 Å². The molecule has 4 rings (SSSR count). The third kappa shape index (κ3) is 3.91. The Labute approximate surface area is 185 Å². The van der Waals surface area contributed by atoms with Gasteiger partial charge in [0.15, 0.2) is 5.60 Å². The van der Waals surface area contributed by atoms with Gasteiger partial charge in [0.25, 0.3) is 5.91 Å². The van der Waals surface area contributed by atoms with Crippen LogP contribution in [0.2, 0.25) is 0 Å². The molecule has 10 heteroatoms. The maximum Gasteiger partial charge on any atom is 0.421 e. The number of nitrogens with zero attached hydrogens (tertiary/aromatic N) is 1. The van der Waals surface area contributed by atoms with Gasteiger partial charge < -0.3 is 15.4 Å². The molecule has 1 aliphatic heterocycles. The van der Waals surface area contributed by atoms with Crippen LogP contribution in [0.4, 0.5) is 33.3 Å². The van der Waals surface area contributed by atoms with Crippen molar-refractivity contribution < 1.29 is 31.5 Å². The maximum atomic E-state index is 14.3. The van der Waals surface area contributed by atoms with Crippen molar-refractivity contribution in [2.45, 2.75) is 25.2 Å². The molecule has 33 heavy (non-hydrogen) atoms. The highest BCUT2D eigenvalue weighted by atomic mass is 19.4. The fraction of sp³-hybridized carbons (Fsp3) is 0.217. The lowest BCUT2D eigenvalue weighted by Crippen LogP contribution is -2.41. The van der Waals surface area contributed by atoms with E-state index in [2.05, 4.69) is 15.6 Å². The van der Waals surface area contributed by atoms with Crippen LogP contribution < -0.4 is 10.6 Å². The van der Waals surface area contributed by atoms with Crippen molar-refractivity contribution in [3.05, 3.63) is 77.0 Å². The second kappa shape index (κ2) is 8.11. The summed E-state index contributed by atoms with van der Waals surface area (Å²) in [5.74, 6) is -2.07. The first-order valence-corrected chi connectivity index (χ1v) is 9.81. The van der Waals surface area contributed by atoms with Gasteiger partial charge in [0, 0.05) is 12.8 Å². The summed E-state index contributed by atoms with van der Waals surface area (Å²) >= 11 is 0. The highest BCUT2D eigenvalue weighted by molar-refractivity contribution is 6.04. The monoisotopic (exact) mass is 463 g/mol. The van der Waals surface area contributed by atoms with Crippen LogP contribution in [-0.4, -0.2) is 24.2 Å². The maximum absolute atomic E-state index is 14.3. The number of methoxy groups -OCH3 is 1. The molecule has 1 atom stereocenters. The lowest BCUT2D eigenvalue weighted by atomic mass is 9.95. The summed E-state index contributed by atoms with van der Waals surface area (Å²) in [7, 11) is 0.974. The first kappa shape index (κ1) is 22.7. The van der Waals surface area contributed by atoms with Gasteiger partial charge in [-0.15, -0.1) is 0 Å². The van der Waals surface area contributed by atoms with Crippen molar-refractivity contribution in [3.63, 3.8) is 0 Å². The van der Waals surface area contributed by atoms with Crippen LogP contribution in [0.1, 0.15) is 28.5 Å². The van der Waals surface area contributed by atoms with E-state index in [0.29, 0.717) is 11.4 Å². The summed E-state index contributed by atoms with van der Waals surface area (Å²) < 4.78 is 73.7. The molecule has 1 aliphatic rings. The molecule has 2 N–H and O–H groups in total. The molecule has 3 aromatic rings. The van der Waals surface area contributed by atoms with Crippen molar-refractivity contribution in [1.29, 1.82) is 0 Å². The van der Waals surface area contributed by atoms with Gasteiger partial charge in [-0.3, -0.25) is 4.79 Å². The van der Waals surface area contributed by atoms with Gasteiger partial charge in [-0.1, -0.05) is 18.2 Å². The molecule has 0 saturated carbocycles. The first-order valence-electron chi connectivity index (χ1n) is 9.81. The minimum Gasteiger partial charge on any atom is -0.364 e. The zero-order chi connectivity index (χ0) is 24.0. The number of anilines is 2. The number of fused-ring (bicyclic) bond motifs is 1. The second-order valence-electron chi connectivity index (χ2n) is 7.59. The topological polar surface area (TPSA) is 63.2 Å². The van der Waals surface area contributed by atoms with Gasteiger partial charge in [0.05, 0.1) is 34.7 Å². The van der Waals surface area contributed by atoms with Crippen LogP contribution in [0.15, 0.2) is 48.5 Å². The Bertz CT molecular complexity index is 1210. The van der Waals surface area contributed by atoms with Crippen LogP contribution in [-0.2, 0) is 16.9 Å². The van der Waals surface area contributed by atoms with Gasteiger partial charge in [-0.05, 0) is 42.8 Å². The van der Waals surface area contributed by atoms with E-state index in [1.807, 2.05) is 0 Å². The Morgan fingerprint density at radius 2 is 1.67 bits per heavy atom. The van der Waals surface area contributed by atoms with E-state index in [9.17, 15) is 26.7 Å². The molecular formula is C23H18F5N3O2. The molecule has 0 saturated heterocycles. The molecule has 172 valence electrons. The zero-order valence-electron chi connectivity index (χ0n) is 17.5. The fourth-order valence-corrected chi connectivity index (χ4v) is 3.63. The Morgan fingerprint density at radius 1 is 1.03 bits per heavy atom. The number of amides is 1. The molecule has 2 heterocycles. The normalized spacial score (nSPS) is 15.1. The molecule has 0 bridgehead atoms. The summed E-state index contributed by atoms with van der Waals surface area (Å²) in [5.41, 5.74) is -1.94. The predicted molar refractivity (Wildman–Crippen MR) is 111 cm³/mol. The van der Waals surface area contributed by atoms with E-state index >= 15 is 0 Å². The number of nitrogens with one attached hydrogen (secondary N) is 2. The summed E-state index contributed by atoms with van der Waals surface area (Å²) in [6.07, 6.45) is -4.64. The Hall–Kier alpha value is -3.53. The molecule has 0 aliphatic carbocycles. The predicted octanol–water partition coefficient (Wildman–Crippen LogP) is 5.44. The average Bonchev–Trinajstić information content (AvgIpc) is 3.14. The Morgan fingerprint density at radius 3 is 2.24 bits per heavy atom. The molecule has 1 aromatic heterocycles. The Kier molecular flexibility index (Phi) is 5.57. The molecule has 0 spiro atoms. The second-order valence-corrected chi connectivity index (χ2v) is 7.59. The van der Waals surface area contributed by atoms with E-state index in [-0.39, 0.29) is 34.6 Å². The lowest BCUT2D eigenvalue weighted by molar-refractivity contribution is -0.269. The third-order valence-electron chi connectivity index (χ3n) is 5.62. The minimum atomic E-state index is -4.64. The van der Waals surface area contributed by atoms with E-state index in [1.54, 1.807) is 0 Å². The number of alkyl halides is 3. The summed E-state index contributed by atoms with van der Waals surface area (Å²) in [6.45, 7) is 0.994. The molecular weight excluding hydrogens is 445 g/mol. The van der Waals surface area contributed by atoms with Crippen molar-refractivity contribution in [3.8, 4) is 11.3 Å². The molecule has 1 amide bonds. The molecule has 2 aromatic carbocycles. The minimum absolute atomic E-state index is 0.0241. The van der Waals surface area contributed by atoms with Crippen molar-refractivity contribution >= 4 is 17.3 Å². The number of aromatic nitrogens is 1. The number of halogens is 5. The standard InChI is InChI=1S/C23H18F5N3O2/c1-22(33-2,23(26,27)28)12-6-8-13(9-7-12)30-17-10-16(19-14(24)4-3-5-15(19)25)31-18-11-29-21(32)20(17)18/h3-10H,11H2,1-2H3,(H,29,32)(H,30,31). The van der Waals surface area contributed by atoms with E-state index in [4.69, 9.17) is 4.74 Å². The van der Waals surface area contributed by atoms with E-state index in [0.717, 1.165) is 26.2 Å². The quantitative estimate of drug-likeness (QED) is 0.495. The van der Waals surface area contributed by atoms with Crippen LogP contribution in [0.3, 0.4) is 0 Å². The number of ether oxygens (including phenoxy) is 1. The third-order valence-corrected chi connectivity index (χ3v) is 5.62. The molecule has 1 unspecified atom stereocenters. The van der Waals surface area contributed by atoms with E-state index < -0.39 is 29.3 Å². The number of hydrogen-bond donors (Lipinski definition) is 2. The zero-order valence-corrected chi connectivity index (χ0v) is 17.5. The van der Waals surface area contributed by atoms with Crippen LogP contribution in [0.25, 0.3) is 11.3 Å². The van der Waals surface area contributed by atoms with Gasteiger partial charge in [0.2, 0.25) is 0 Å². The van der Waals surface area contributed by atoms with Crippen molar-refractivity contribution in [1.82, 2.24) is 10.3 Å². The highest BCUT2D eigenvalue weighted by Gasteiger charge is 2.53. The van der Waals surface area contributed by atoms with Gasteiger partial charge >= 0.3 is 6.18 Å². The van der Waals surface area contributed by atoms with Crippen molar-refractivity contribution in [2.24, 2.45) is 0 Å². The number of benzene rings is 2. The number of rotatable bonds is 5. The molecule has 5 nitrogen and oxygen atoms in total. The SMILES string of the molecule is COC(C)(c1ccc(Nc2cc(-c3c(F)cccc3F)nc3c2C(=O)NC3)cc1)C(F)(F)F. The van der Waals surface area contributed by atoms with Gasteiger partial charge in [-0.25, -0.2) is 13.8 Å². The van der Waals surface area contributed by atoms with Crippen molar-refractivity contribution in [2.75, 3.05) is 12.4 Å². The molecule has 0 radical (unpaired) electrons. The highest BCUT2D eigenvalue weighted by Crippen LogP contribution is 2.42. The fourth-order valence-electron chi connectivity index (χ4n) is 3.63. The Balaban J connectivity index is 1.74. The van der Waals surface area contributed by atoms with Crippen LogP contribution in [0, 0.1) is 11.6 Å². The summed E-state index contributed by atoms with van der Waals surface area (Å²) in [5, 5.41) is 5.55. The summed E-state index contributed by atoms with van der Waals surface area (Å²) in [6, 6.07) is 10.0.